The fourth-order valence-corrected chi connectivity index (χ4v) is 5.67. The van der Waals surface area contributed by atoms with Gasteiger partial charge in [-0.15, -0.1) is 0 Å². The van der Waals surface area contributed by atoms with Gasteiger partial charge in [-0.2, -0.15) is 0 Å². The van der Waals surface area contributed by atoms with Gasteiger partial charge in [-0.3, -0.25) is 9.59 Å². The summed E-state index contributed by atoms with van der Waals surface area (Å²) in [5.41, 5.74) is 2.93. The Labute approximate surface area is 294 Å². The quantitative estimate of drug-likeness (QED) is 0.310. The number of carbonyl (C=O) groups is 4. The van der Waals surface area contributed by atoms with E-state index in [-0.39, 0.29) is 24.0 Å². The Hall–Kier alpha value is -5.26. The fourth-order valence-electron chi connectivity index (χ4n) is 5.67. The Kier molecular flexibility index (Phi) is 10.9. The predicted octanol–water partition coefficient (Wildman–Crippen LogP) is 6.31. The van der Waals surface area contributed by atoms with Crippen LogP contribution in [0.5, 0.6) is 0 Å². The second-order valence-electron chi connectivity index (χ2n) is 14.5. The summed E-state index contributed by atoms with van der Waals surface area (Å²) in [6.45, 7) is 16.1. The summed E-state index contributed by atoms with van der Waals surface area (Å²) in [6.07, 6.45) is -0.592. The molecule has 0 saturated carbocycles. The van der Waals surface area contributed by atoms with Crippen LogP contribution in [0.1, 0.15) is 62.3 Å². The number of amides is 4. The number of rotatable bonds is 6. The van der Waals surface area contributed by atoms with Crippen LogP contribution in [0.3, 0.4) is 0 Å². The molecule has 266 valence electrons. The van der Waals surface area contributed by atoms with Gasteiger partial charge < -0.3 is 39.7 Å². The molecule has 0 bridgehead atoms. The summed E-state index contributed by atoms with van der Waals surface area (Å²) in [4.78, 5) is 58.8. The molecule has 12 heteroatoms. The summed E-state index contributed by atoms with van der Waals surface area (Å²) < 4.78 is 11.0. The Morgan fingerprint density at radius 3 is 1.18 bits per heavy atom. The molecule has 12 nitrogen and oxygen atoms in total. The largest absolute Gasteiger partial charge is 0.444 e. The smallest absolute Gasteiger partial charge is 0.410 e. The molecular formula is C38H48N6O6. The van der Waals surface area contributed by atoms with Crippen LogP contribution in [0.25, 0.3) is 0 Å². The normalized spacial score (nSPS) is 15.3. The monoisotopic (exact) mass is 684 g/mol. The first kappa shape index (κ1) is 36.0. The lowest BCUT2D eigenvalue weighted by Crippen LogP contribution is -2.50. The van der Waals surface area contributed by atoms with Crippen molar-refractivity contribution in [2.75, 3.05) is 72.8 Å². The van der Waals surface area contributed by atoms with Crippen molar-refractivity contribution >= 4 is 46.8 Å². The zero-order valence-electron chi connectivity index (χ0n) is 29.8. The number of anilines is 4. The van der Waals surface area contributed by atoms with E-state index in [1.165, 1.54) is 0 Å². The number of piperazine rings is 2. The molecule has 2 aliphatic heterocycles. The molecule has 0 radical (unpaired) electrons. The van der Waals surface area contributed by atoms with E-state index in [9.17, 15) is 19.2 Å². The SMILES string of the molecule is CC(C)(C)OC(=O)N1CCN(c2ccc(NC(=O)c3cccc(C(=O)Nc4ccc(N5CCN(C(=O)OC(C)(C)C)CC5)cc4)c3)cc2)CC1. The molecule has 4 amide bonds. The van der Waals surface area contributed by atoms with E-state index in [0.717, 1.165) is 11.4 Å². The number of hydrogen-bond acceptors (Lipinski definition) is 8. The van der Waals surface area contributed by atoms with Crippen LogP contribution in [0, 0.1) is 0 Å². The number of benzene rings is 3. The third-order valence-corrected chi connectivity index (χ3v) is 8.23. The van der Waals surface area contributed by atoms with Crippen LogP contribution in [-0.2, 0) is 9.47 Å². The molecule has 2 heterocycles. The molecule has 0 unspecified atom stereocenters. The van der Waals surface area contributed by atoms with Crippen molar-refractivity contribution in [3.63, 3.8) is 0 Å². The van der Waals surface area contributed by atoms with Crippen LogP contribution < -0.4 is 20.4 Å². The van der Waals surface area contributed by atoms with Crippen molar-refractivity contribution in [2.45, 2.75) is 52.7 Å². The van der Waals surface area contributed by atoms with Crippen LogP contribution in [0.2, 0.25) is 0 Å². The van der Waals surface area contributed by atoms with E-state index in [0.29, 0.717) is 74.9 Å². The maximum atomic E-state index is 13.1. The lowest BCUT2D eigenvalue weighted by atomic mass is 10.1. The highest BCUT2D eigenvalue weighted by atomic mass is 16.6. The average molecular weight is 685 g/mol. The molecule has 0 aromatic heterocycles. The molecule has 3 aromatic carbocycles. The molecule has 0 aliphatic carbocycles. The van der Waals surface area contributed by atoms with E-state index in [1.807, 2.05) is 90.1 Å². The number of ether oxygens (including phenoxy) is 2. The van der Waals surface area contributed by atoms with Crippen molar-refractivity contribution < 1.29 is 28.7 Å². The Bertz CT molecular complexity index is 1540. The molecular weight excluding hydrogens is 636 g/mol. The summed E-state index contributed by atoms with van der Waals surface area (Å²) in [5.74, 6) is -0.649. The van der Waals surface area contributed by atoms with Gasteiger partial charge in [0.15, 0.2) is 0 Å². The molecule has 3 aromatic rings. The zero-order valence-corrected chi connectivity index (χ0v) is 29.8. The van der Waals surface area contributed by atoms with Crippen molar-refractivity contribution in [3.8, 4) is 0 Å². The minimum Gasteiger partial charge on any atom is -0.444 e. The second kappa shape index (κ2) is 15.1. The Balaban J connectivity index is 1.10. The van der Waals surface area contributed by atoms with E-state index in [2.05, 4.69) is 20.4 Å². The van der Waals surface area contributed by atoms with Gasteiger partial charge in [-0.05, 0) is 108 Å². The second-order valence-corrected chi connectivity index (χ2v) is 14.5. The maximum absolute atomic E-state index is 13.1. The number of carbonyl (C=O) groups excluding carboxylic acids is 4. The van der Waals surface area contributed by atoms with Gasteiger partial charge in [0, 0.05) is 86.2 Å². The number of nitrogens with zero attached hydrogens (tertiary/aromatic N) is 4. The third kappa shape index (κ3) is 9.90. The third-order valence-electron chi connectivity index (χ3n) is 8.23. The summed E-state index contributed by atoms with van der Waals surface area (Å²) in [6, 6.07) is 21.7. The van der Waals surface area contributed by atoms with Crippen molar-refractivity contribution in [3.05, 3.63) is 83.9 Å². The number of nitrogens with one attached hydrogen (secondary N) is 2. The first-order chi connectivity index (χ1) is 23.6. The summed E-state index contributed by atoms with van der Waals surface area (Å²) in [7, 11) is 0. The predicted molar refractivity (Wildman–Crippen MR) is 195 cm³/mol. The standard InChI is InChI=1S/C38H48N6O6/c1-37(2,3)49-35(47)43-22-18-41(19-23-43)31-14-10-29(11-15-31)39-33(45)27-8-7-9-28(26-27)34(46)40-30-12-16-32(17-13-30)42-20-24-44(25-21-42)36(48)50-38(4,5)6/h7-17,26H,18-25H2,1-6H3,(H,39,45)(H,40,46). The van der Waals surface area contributed by atoms with Gasteiger partial charge in [0.25, 0.3) is 11.8 Å². The van der Waals surface area contributed by atoms with E-state index in [4.69, 9.17) is 9.47 Å². The number of hydrogen-bond donors (Lipinski definition) is 2. The molecule has 0 spiro atoms. The van der Waals surface area contributed by atoms with Gasteiger partial charge in [-0.25, -0.2) is 9.59 Å². The van der Waals surface area contributed by atoms with E-state index in [1.54, 1.807) is 34.1 Å². The molecule has 2 saturated heterocycles. The molecule has 0 atom stereocenters. The molecule has 2 N–H and O–H groups in total. The molecule has 2 aliphatic rings. The lowest BCUT2D eigenvalue weighted by molar-refractivity contribution is 0.0230. The van der Waals surface area contributed by atoms with Gasteiger partial charge in [0.2, 0.25) is 0 Å². The maximum Gasteiger partial charge on any atom is 0.410 e. The van der Waals surface area contributed by atoms with Crippen molar-refractivity contribution in [1.82, 2.24) is 9.80 Å². The van der Waals surface area contributed by atoms with Crippen molar-refractivity contribution in [1.29, 1.82) is 0 Å². The molecule has 50 heavy (non-hydrogen) atoms. The Morgan fingerprint density at radius 1 is 0.520 bits per heavy atom. The van der Waals surface area contributed by atoms with Gasteiger partial charge in [0.05, 0.1) is 0 Å². The van der Waals surface area contributed by atoms with Gasteiger partial charge in [-0.1, -0.05) is 6.07 Å². The Morgan fingerprint density at radius 2 is 0.860 bits per heavy atom. The van der Waals surface area contributed by atoms with Gasteiger partial charge in [0.1, 0.15) is 11.2 Å². The summed E-state index contributed by atoms with van der Waals surface area (Å²) in [5, 5.41) is 5.82. The highest BCUT2D eigenvalue weighted by molar-refractivity contribution is 6.08. The van der Waals surface area contributed by atoms with E-state index >= 15 is 0 Å². The molecule has 2 fully saturated rings. The van der Waals surface area contributed by atoms with Gasteiger partial charge >= 0.3 is 12.2 Å². The summed E-state index contributed by atoms with van der Waals surface area (Å²) >= 11 is 0. The van der Waals surface area contributed by atoms with Crippen LogP contribution >= 0.6 is 0 Å². The average Bonchev–Trinajstić information content (AvgIpc) is 3.07. The first-order valence-corrected chi connectivity index (χ1v) is 17.0. The van der Waals surface area contributed by atoms with Crippen LogP contribution in [0.15, 0.2) is 72.8 Å². The van der Waals surface area contributed by atoms with Crippen molar-refractivity contribution in [2.24, 2.45) is 0 Å². The topological polar surface area (TPSA) is 124 Å². The minimum absolute atomic E-state index is 0.296. The lowest BCUT2D eigenvalue weighted by Gasteiger charge is -2.36. The van der Waals surface area contributed by atoms with Crippen LogP contribution in [0.4, 0.5) is 32.3 Å². The highest BCUT2D eigenvalue weighted by Crippen LogP contribution is 2.23. The van der Waals surface area contributed by atoms with E-state index < -0.39 is 11.2 Å². The highest BCUT2D eigenvalue weighted by Gasteiger charge is 2.27. The fraction of sp³-hybridized carbons (Fsp3) is 0.421. The zero-order chi connectivity index (χ0) is 36.1. The molecule has 5 rings (SSSR count). The van der Waals surface area contributed by atoms with Crippen LogP contribution in [-0.4, -0.2) is 97.4 Å². The minimum atomic E-state index is -0.526. The first-order valence-electron chi connectivity index (χ1n) is 17.0.